The lowest BCUT2D eigenvalue weighted by atomic mass is 10.2. The summed E-state index contributed by atoms with van der Waals surface area (Å²) < 4.78 is 52.7. The topological polar surface area (TPSA) is 66.5 Å². The maximum absolute atomic E-state index is 13.9. The van der Waals surface area contributed by atoms with E-state index in [0.717, 1.165) is 22.5 Å². The van der Waals surface area contributed by atoms with Crippen LogP contribution in [0.2, 0.25) is 0 Å². The molecule has 5 nitrogen and oxygen atoms in total. The van der Waals surface area contributed by atoms with E-state index in [9.17, 15) is 22.0 Å². The molecule has 2 rings (SSSR count). The van der Waals surface area contributed by atoms with Gasteiger partial charge in [0.15, 0.2) is 0 Å². The fourth-order valence-corrected chi connectivity index (χ4v) is 3.95. The molecule has 0 radical (unpaired) electrons. The second kappa shape index (κ2) is 9.29. The number of hydrogen-bond donors (Lipinski definition) is 1. The van der Waals surface area contributed by atoms with Crippen molar-refractivity contribution in [2.75, 3.05) is 26.4 Å². The molecule has 2 aromatic carbocycles. The molecule has 0 spiro atoms. The summed E-state index contributed by atoms with van der Waals surface area (Å²) in [5, 5.41) is 2.55. The summed E-state index contributed by atoms with van der Waals surface area (Å²) in [7, 11) is -1.06. The van der Waals surface area contributed by atoms with E-state index in [4.69, 9.17) is 0 Å². The number of thioether (sulfide) groups is 1. The number of nitrogens with zero attached hydrogens (tertiary/aromatic N) is 1. The van der Waals surface area contributed by atoms with E-state index in [1.54, 1.807) is 18.2 Å². The van der Waals surface area contributed by atoms with Crippen LogP contribution >= 0.6 is 11.8 Å². The largest absolute Gasteiger partial charge is 0.351 e. The predicted molar refractivity (Wildman–Crippen MR) is 102 cm³/mol. The minimum absolute atomic E-state index is 0.159. The van der Waals surface area contributed by atoms with Crippen LogP contribution in [0.3, 0.4) is 0 Å². The van der Waals surface area contributed by atoms with Crippen LogP contribution in [0.1, 0.15) is 15.9 Å². The second-order valence-electron chi connectivity index (χ2n) is 5.83. The molecule has 0 atom stereocenters. The third-order valence-corrected chi connectivity index (χ3v) is 6.53. The molecule has 1 N–H and O–H groups in total. The highest BCUT2D eigenvalue weighted by molar-refractivity contribution is 7.98. The molecule has 27 heavy (non-hydrogen) atoms. The Morgan fingerprint density at radius 2 is 1.81 bits per heavy atom. The lowest BCUT2D eigenvalue weighted by molar-refractivity contribution is 0.0952. The smallest absolute Gasteiger partial charge is 0.254 e. The highest BCUT2D eigenvalue weighted by Crippen LogP contribution is 2.18. The Morgan fingerprint density at radius 3 is 2.48 bits per heavy atom. The van der Waals surface area contributed by atoms with Gasteiger partial charge in [-0.3, -0.25) is 4.79 Å². The summed E-state index contributed by atoms with van der Waals surface area (Å²) in [5.41, 5.74) is 0.235. The van der Waals surface area contributed by atoms with Crippen molar-refractivity contribution < 1.29 is 22.0 Å². The Kier molecular flexibility index (Phi) is 7.34. The van der Waals surface area contributed by atoms with Crippen LogP contribution in [-0.4, -0.2) is 45.0 Å². The number of carbonyl (C=O) groups excluding carboxylic acids is 1. The maximum atomic E-state index is 13.9. The van der Waals surface area contributed by atoms with Gasteiger partial charge in [0.05, 0.1) is 10.5 Å². The Labute approximate surface area is 161 Å². The second-order valence-corrected chi connectivity index (χ2v) is 9.09. The highest BCUT2D eigenvalue weighted by Gasteiger charge is 2.21. The molecule has 0 aromatic heterocycles. The summed E-state index contributed by atoms with van der Waals surface area (Å²) in [6.45, 7) is 0.238. The normalized spacial score (nSPS) is 11.6. The Balaban J connectivity index is 1.93. The first kappa shape index (κ1) is 21.3. The zero-order valence-electron chi connectivity index (χ0n) is 14.9. The fourth-order valence-electron chi connectivity index (χ4n) is 2.18. The summed E-state index contributed by atoms with van der Waals surface area (Å²) in [6.07, 6.45) is 0. The molecule has 0 aliphatic carbocycles. The van der Waals surface area contributed by atoms with E-state index in [0.29, 0.717) is 17.1 Å². The summed E-state index contributed by atoms with van der Waals surface area (Å²) in [5.74, 6) is -0.834. The average Bonchev–Trinajstić information content (AvgIpc) is 2.62. The van der Waals surface area contributed by atoms with Crippen LogP contribution in [0.25, 0.3) is 0 Å². The molecule has 0 heterocycles. The number of sulfonamides is 1. The van der Waals surface area contributed by atoms with Crippen LogP contribution in [0.5, 0.6) is 0 Å². The van der Waals surface area contributed by atoms with E-state index in [1.165, 1.54) is 31.9 Å². The third-order valence-electron chi connectivity index (χ3n) is 3.71. The van der Waals surface area contributed by atoms with Gasteiger partial charge in [-0.05, 0) is 29.8 Å². The van der Waals surface area contributed by atoms with Crippen molar-refractivity contribution in [3.05, 3.63) is 65.2 Å². The SMILES string of the molecule is CN(C)S(=O)(=O)c1ccc(F)c(C(=O)NCCSCc2ccccc2F)c1. The molecule has 0 saturated heterocycles. The Morgan fingerprint density at radius 1 is 1.11 bits per heavy atom. The lowest BCUT2D eigenvalue weighted by Crippen LogP contribution is -2.27. The first-order valence-corrected chi connectivity index (χ1v) is 10.6. The molecule has 146 valence electrons. The Hall–Kier alpha value is -1.97. The first-order valence-electron chi connectivity index (χ1n) is 8.05. The zero-order chi connectivity index (χ0) is 20.0. The van der Waals surface area contributed by atoms with E-state index in [2.05, 4.69) is 5.32 Å². The van der Waals surface area contributed by atoms with Crippen molar-refractivity contribution in [2.45, 2.75) is 10.6 Å². The highest BCUT2D eigenvalue weighted by atomic mass is 32.2. The van der Waals surface area contributed by atoms with Crippen molar-refractivity contribution in [1.82, 2.24) is 9.62 Å². The van der Waals surface area contributed by atoms with E-state index in [1.807, 2.05) is 0 Å². The minimum Gasteiger partial charge on any atom is -0.351 e. The maximum Gasteiger partial charge on any atom is 0.254 e. The van der Waals surface area contributed by atoms with Crippen LogP contribution in [0.15, 0.2) is 47.4 Å². The lowest BCUT2D eigenvalue weighted by Gasteiger charge is -2.13. The summed E-state index contributed by atoms with van der Waals surface area (Å²) in [4.78, 5) is 12.0. The molecule has 0 fully saturated rings. The summed E-state index contributed by atoms with van der Waals surface area (Å²) >= 11 is 1.42. The zero-order valence-corrected chi connectivity index (χ0v) is 16.5. The standard InChI is InChI=1S/C18H20F2N2O3S2/c1-22(2)27(24,25)14-7-8-17(20)15(11-14)18(23)21-9-10-26-12-13-5-3-4-6-16(13)19/h3-8,11H,9-10,12H2,1-2H3,(H,21,23). The van der Waals surface area contributed by atoms with Gasteiger partial charge in [-0.2, -0.15) is 11.8 Å². The van der Waals surface area contributed by atoms with Gasteiger partial charge >= 0.3 is 0 Å². The average molecular weight is 414 g/mol. The molecular formula is C18H20F2N2O3S2. The van der Waals surface area contributed by atoms with Crippen molar-refractivity contribution in [2.24, 2.45) is 0 Å². The number of amides is 1. The molecule has 9 heteroatoms. The van der Waals surface area contributed by atoms with E-state index in [-0.39, 0.29) is 22.8 Å². The molecule has 1 amide bonds. The van der Waals surface area contributed by atoms with E-state index >= 15 is 0 Å². The van der Waals surface area contributed by atoms with Gasteiger partial charge in [-0.1, -0.05) is 18.2 Å². The summed E-state index contributed by atoms with van der Waals surface area (Å²) in [6, 6.07) is 9.53. The van der Waals surface area contributed by atoms with Gasteiger partial charge in [0, 0.05) is 32.1 Å². The van der Waals surface area contributed by atoms with Gasteiger partial charge in [0.25, 0.3) is 5.91 Å². The Bertz CT molecular complexity index is 919. The fraction of sp³-hybridized carbons (Fsp3) is 0.278. The van der Waals surface area contributed by atoms with Crippen LogP contribution in [0, 0.1) is 11.6 Å². The quantitative estimate of drug-likeness (QED) is 0.675. The van der Waals surface area contributed by atoms with E-state index < -0.39 is 21.7 Å². The van der Waals surface area contributed by atoms with Crippen molar-refractivity contribution in [3.8, 4) is 0 Å². The number of halogens is 2. The van der Waals surface area contributed by atoms with Gasteiger partial charge in [0.1, 0.15) is 11.6 Å². The van der Waals surface area contributed by atoms with Crippen LogP contribution < -0.4 is 5.32 Å². The number of benzene rings is 2. The minimum atomic E-state index is -3.77. The molecule has 0 bridgehead atoms. The van der Waals surface area contributed by atoms with Gasteiger partial charge < -0.3 is 5.32 Å². The molecule has 0 saturated carbocycles. The number of carbonyl (C=O) groups is 1. The van der Waals surface area contributed by atoms with Gasteiger partial charge in [-0.15, -0.1) is 0 Å². The third kappa shape index (κ3) is 5.50. The van der Waals surface area contributed by atoms with Crippen molar-refractivity contribution in [3.63, 3.8) is 0 Å². The molecular weight excluding hydrogens is 394 g/mol. The van der Waals surface area contributed by atoms with Crippen LogP contribution in [0.4, 0.5) is 8.78 Å². The van der Waals surface area contributed by atoms with Crippen molar-refractivity contribution in [1.29, 1.82) is 0 Å². The van der Waals surface area contributed by atoms with Crippen LogP contribution in [-0.2, 0) is 15.8 Å². The molecule has 0 aliphatic heterocycles. The monoisotopic (exact) mass is 414 g/mol. The predicted octanol–water partition coefficient (Wildman–Crippen LogP) is 2.88. The first-order chi connectivity index (χ1) is 12.7. The molecule has 0 unspecified atom stereocenters. The van der Waals surface area contributed by atoms with Gasteiger partial charge in [-0.25, -0.2) is 21.5 Å². The number of nitrogens with one attached hydrogen (secondary N) is 1. The number of hydrogen-bond acceptors (Lipinski definition) is 4. The van der Waals surface area contributed by atoms with Gasteiger partial charge in [0.2, 0.25) is 10.0 Å². The van der Waals surface area contributed by atoms with Crippen molar-refractivity contribution >= 4 is 27.7 Å². The molecule has 2 aromatic rings. The molecule has 0 aliphatic rings. The number of rotatable bonds is 8.